The van der Waals surface area contributed by atoms with Crippen LogP contribution < -0.4 is 0 Å². The summed E-state index contributed by atoms with van der Waals surface area (Å²) in [5, 5.41) is 0. The lowest BCUT2D eigenvalue weighted by Gasteiger charge is -2.17. The van der Waals surface area contributed by atoms with Crippen molar-refractivity contribution in [2.24, 2.45) is 0 Å². The number of ether oxygens (including phenoxy) is 2. The zero-order chi connectivity index (χ0) is 18.7. The van der Waals surface area contributed by atoms with Gasteiger partial charge in [-0.3, -0.25) is 0 Å². The molecule has 1 aromatic rings. The smallest absolute Gasteiger partial charge is 0.425 e. The molecule has 0 radical (unpaired) electrons. The first-order chi connectivity index (χ1) is 10.8. The van der Waals surface area contributed by atoms with E-state index in [2.05, 4.69) is 9.47 Å². The average molecular weight is 358 g/mol. The van der Waals surface area contributed by atoms with Gasteiger partial charge in [-0.15, -0.1) is 0 Å². The molecular formula is C14H12F6O4. The molecule has 4 nitrogen and oxygen atoms in total. The third-order valence-corrected chi connectivity index (χ3v) is 2.85. The number of benzene rings is 1. The van der Waals surface area contributed by atoms with E-state index in [1.807, 2.05) is 0 Å². The first-order valence-electron chi connectivity index (χ1n) is 6.48. The summed E-state index contributed by atoms with van der Waals surface area (Å²) in [6.45, 7) is 1.28. The molecule has 10 heteroatoms. The molecular weight excluding hydrogens is 346 g/mol. The molecule has 0 aliphatic carbocycles. The predicted molar refractivity (Wildman–Crippen MR) is 68.3 cm³/mol. The Morgan fingerprint density at radius 1 is 0.750 bits per heavy atom. The van der Waals surface area contributed by atoms with Crippen molar-refractivity contribution in [1.82, 2.24) is 0 Å². The Kier molecular flexibility index (Phi) is 5.85. The summed E-state index contributed by atoms with van der Waals surface area (Å²) in [7, 11) is 0. The molecule has 1 aromatic carbocycles. The third kappa shape index (κ3) is 5.43. The van der Waals surface area contributed by atoms with Crippen molar-refractivity contribution in [3.05, 3.63) is 35.4 Å². The number of carbonyl (C=O) groups is 2. The van der Waals surface area contributed by atoms with Crippen LogP contribution in [0.2, 0.25) is 0 Å². The molecule has 1 rings (SSSR count). The van der Waals surface area contributed by atoms with Gasteiger partial charge in [0.05, 0.1) is 11.1 Å². The highest BCUT2D eigenvalue weighted by atomic mass is 19.4. The normalized spacial score (nSPS) is 14.7. The molecule has 0 bridgehead atoms. The van der Waals surface area contributed by atoms with E-state index in [0.717, 1.165) is 24.3 Å². The number of hydrogen-bond acceptors (Lipinski definition) is 4. The maximum Gasteiger partial charge on any atom is 0.425 e. The van der Waals surface area contributed by atoms with Crippen LogP contribution in [0, 0.1) is 0 Å². The minimum atomic E-state index is -4.73. The third-order valence-electron chi connectivity index (χ3n) is 2.85. The van der Waals surface area contributed by atoms with E-state index in [1.54, 1.807) is 0 Å². The van der Waals surface area contributed by atoms with Crippen LogP contribution in [0.25, 0.3) is 0 Å². The summed E-state index contributed by atoms with van der Waals surface area (Å²) in [5.74, 6) is -2.58. The molecule has 0 aromatic heterocycles. The number of hydrogen-bond donors (Lipinski definition) is 0. The van der Waals surface area contributed by atoms with E-state index in [4.69, 9.17) is 0 Å². The maximum atomic E-state index is 12.3. The summed E-state index contributed by atoms with van der Waals surface area (Å²) >= 11 is 0. The standard InChI is InChI=1S/C14H12F6O4/c1-7(13(15,16)17)23-11(21)9-3-5-10(6-4-9)12(22)24-8(2)14(18,19)20/h3-8H,1-2H3. The fraction of sp³-hybridized carbons (Fsp3) is 0.429. The summed E-state index contributed by atoms with van der Waals surface area (Å²) in [6, 6.07) is 3.78. The SMILES string of the molecule is CC(OC(=O)c1ccc(C(=O)OC(C)C(F)(F)F)cc1)C(F)(F)F. The molecule has 24 heavy (non-hydrogen) atoms. The molecule has 0 N–H and O–H groups in total. The van der Waals surface area contributed by atoms with Crippen LogP contribution in [0.5, 0.6) is 0 Å². The van der Waals surface area contributed by atoms with Crippen LogP contribution in [-0.2, 0) is 9.47 Å². The minimum absolute atomic E-state index is 0.300. The van der Waals surface area contributed by atoms with Gasteiger partial charge in [0.15, 0.2) is 12.2 Å². The van der Waals surface area contributed by atoms with Gasteiger partial charge in [0.1, 0.15) is 0 Å². The van der Waals surface area contributed by atoms with Gasteiger partial charge in [-0.2, -0.15) is 26.3 Å². The number of carbonyl (C=O) groups excluding carboxylic acids is 2. The van der Waals surface area contributed by atoms with Crippen LogP contribution >= 0.6 is 0 Å². The second-order valence-corrected chi connectivity index (χ2v) is 4.76. The van der Waals surface area contributed by atoms with Gasteiger partial charge in [0.25, 0.3) is 0 Å². The molecule has 2 atom stereocenters. The maximum absolute atomic E-state index is 12.3. The molecule has 0 amide bonds. The molecule has 0 fully saturated rings. The second kappa shape index (κ2) is 7.10. The van der Waals surface area contributed by atoms with Gasteiger partial charge in [0.2, 0.25) is 0 Å². The molecule has 0 aliphatic rings. The van der Waals surface area contributed by atoms with Crippen molar-refractivity contribution in [2.45, 2.75) is 38.4 Å². The topological polar surface area (TPSA) is 52.6 Å². The molecule has 2 unspecified atom stereocenters. The fourth-order valence-electron chi connectivity index (χ4n) is 1.33. The Balaban J connectivity index is 2.75. The van der Waals surface area contributed by atoms with Crippen LogP contribution in [-0.4, -0.2) is 36.5 Å². The molecule has 0 saturated heterocycles. The lowest BCUT2D eigenvalue weighted by Crippen LogP contribution is -2.31. The highest BCUT2D eigenvalue weighted by Crippen LogP contribution is 2.24. The lowest BCUT2D eigenvalue weighted by atomic mass is 10.1. The zero-order valence-corrected chi connectivity index (χ0v) is 12.4. The summed E-state index contributed by atoms with van der Waals surface area (Å²) in [6.07, 6.45) is -14.1. The van der Waals surface area contributed by atoms with Crippen LogP contribution in [0.1, 0.15) is 34.6 Å². The van der Waals surface area contributed by atoms with Crippen LogP contribution in [0.3, 0.4) is 0 Å². The summed E-state index contributed by atoms with van der Waals surface area (Å²) in [4.78, 5) is 23.0. The quantitative estimate of drug-likeness (QED) is 0.605. The minimum Gasteiger partial charge on any atom is -0.449 e. The van der Waals surface area contributed by atoms with Crippen LogP contribution in [0.15, 0.2) is 24.3 Å². The van der Waals surface area contributed by atoms with Gasteiger partial charge in [-0.05, 0) is 38.1 Å². The second-order valence-electron chi connectivity index (χ2n) is 4.76. The Morgan fingerprint density at radius 2 is 1.00 bits per heavy atom. The Morgan fingerprint density at radius 3 is 1.21 bits per heavy atom. The molecule has 0 heterocycles. The Labute approximate surface area is 132 Å². The van der Waals surface area contributed by atoms with E-state index in [0.29, 0.717) is 13.8 Å². The zero-order valence-electron chi connectivity index (χ0n) is 12.4. The largest absolute Gasteiger partial charge is 0.449 e. The Bertz CT molecular complexity index is 538. The van der Waals surface area contributed by atoms with Crippen molar-refractivity contribution >= 4 is 11.9 Å². The van der Waals surface area contributed by atoms with Crippen LogP contribution in [0.4, 0.5) is 26.3 Å². The van der Waals surface area contributed by atoms with Crippen molar-refractivity contribution < 1.29 is 45.4 Å². The number of rotatable bonds is 4. The Hall–Kier alpha value is -2.26. The van der Waals surface area contributed by atoms with E-state index in [9.17, 15) is 35.9 Å². The van der Waals surface area contributed by atoms with Gasteiger partial charge in [-0.25, -0.2) is 9.59 Å². The monoisotopic (exact) mass is 358 g/mol. The molecule has 134 valence electrons. The highest BCUT2D eigenvalue weighted by Gasteiger charge is 2.40. The van der Waals surface area contributed by atoms with Gasteiger partial charge < -0.3 is 9.47 Å². The number of alkyl halides is 6. The highest BCUT2D eigenvalue weighted by molar-refractivity contribution is 5.93. The van der Waals surface area contributed by atoms with E-state index in [-0.39, 0.29) is 11.1 Å². The van der Waals surface area contributed by atoms with Crippen molar-refractivity contribution in [3.8, 4) is 0 Å². The van der Waals surface area contributed by atoms with Gasteiger partial charge >= 0.3 is 24.3 Å². The number of esters is 2. The van der Waals surface area contributed by atoms with E-state index < -0.39 is 36.5 Å². The first-order valence-corrected chi connectivity index (χ1v) is 6.48. The average Bonchev–Trinajstić information content (AvgIpc) is 2.45. The van der Waals surface area contributed by atoms with Gasteiger partial charge in [-0.1, -0.05) is 0 Å². The van der Waals surface area contributed by atoms with Crippen molar-refractivity contribution in [3.63, 3.8) is 0 Å². The van der Waals surface area contributed by atoms with E-state index >= 15 is 0 Å². The summed E-state index contributed by atoms with van der Waals surface area (Å²) < 4.78 is 82.1. The lowest BCUT2D eigenvalue weighted by molar-refractivity contribution is -0.198. The van der Waals surface area contributed by atoms with Crippen molar-refractivity contribution in [1.29, 1.82) is 0 Å². The van der Waals surface area contributed by atoms with Crippen molar-refractivity contribution in [2.75, 3.05) is 0 Å². The first kappa shape index (κ1) is 19.8. The summed E-state index contributed by atoms with van der Waals surface area (Å²) in [5.41, 5.74) is -0.599. The fourth-order valence-corrected chi connectivity index (χ4v) is 1.33. The molecule has 0 aliphatic heterocycles. The van der Waals surface area contributed by atoms with E-state index in [1.165, 1.54) is 0 Å². The predicted octanol–water partition coefficient (Wildman–Crippen LogP) is 3.90. The molecule has 0 saturated carbocycles. The number of halogens is 6. The molecule has 0 spiro atoms. The van der Waals surface area contributed by atoms with Gasteiger partial charge in [0, 0.05) is 0 Å².